The minimum atomic E-state index is -1.03. The largest absolute Gasteiger partial charge is 0.480 e. The molecule has 1 rings (SSSR count). The molecule has 0 fully saturated rings. The number of benzene rings is 1. The first-order chi connectivity index (χ1) is 8.97. The lowest BCUT2D eigenvalue weighted by Crippen LogP contribution is -2.44. The molecule has 0 saturated heterocycles. The normalized spacial score (nSPS) is 15.3. The quantitative estimate of drug-likeness (QED) is 0.722. The summed E-state index contributed by atoms with van der Waals surface area (Å²) in [7, 11) is 0. The van der Waals surface area contributed by atoms with Gasteiger partial charge >= 0.3 is 5.97 Å². The fourth-order valence-corrected chi connectivity index (χ4v) is 1.77. The van der Waals surface area contributed by atoms with Crippen LogP contribution in [0.5, 0.6) is 0 Å². The zero-order valence-corrected chi connectivity index (χ0v) is 11.2. The number of carboxylic acid groups (broad SMARTS) is 1. The van der Waals surface area contributed by atoms with Crippen molar-refractivity contribution >= 4 is 11.9 Å². The molecule has 0 heterocycles. The first-order valence-electron chi connectivity index (χ1n) is 6.31. The fourth-order valence-electron chi connectivity index (χ4n) is 1.77. The zero-order chi connectivity index (χ0) is 14.4. The lowest BCUT2D eigenvalue weighted by Gasteiger charge is -2.21. The molecule has 104 valence electrons. The van der Waals surface area contributed by atoms with Crippen LogP contribution < -0.4 is 11.1 Å². The van der Waals surface area contributed by atoms with E-state index in [4.69, 9.17) is 10.8 Å². The molecule has 4 N–H and O–H groups in total. The van der Waals surface area contributed by atoms with Crippen LogP contribution in [0.15, 0.2) is 30.3 Å². The molecule has 0 aromatic heterocycles. The second-order valence-corrected chi connectivity index (χ2v) is 4.53. The maximum Gasteiger partial charge on any atom is 0.326 e. The molecule has 1 amide bonds. The summed E-state index contributed by atoms with van der Waals surface area (Å²) in [4.78, 5) is 22.9. The van der Waals surface area contributed by atoms with E-state index in [2.05, 4.69) is 5.32 Å². The van der Waals surface area contributed by atoms with Crippen molar-refractivity contribution in [2.75, 3.05) is 0 Å². The molecule has 5 heteroatoms. The van der Waals surface area contributed by atoms with Crippen LogP contribution >= 0.6 is 0 Å². The van der Waals surface area contributed by atoms with Crippen molar-refractivity contribution in [2.45, 2.75) is 32.4 Å². The molecule has 3 atom stereocenters. The lowest BCUT2D eigenvalue weighted by atomic mass is 9.94. The average Bonchev–Trinajstić information content (AvgIpc) is 2.43. The van der Waals surface area contributed by atoms with Gasteiger partial charge in [-0.25, -0.2) is 4.79 Å². The van der Waals surface area contributed by atoms with Crippen LogP contribution in [0, 0.1) is 5.92 Å². The molecule has 0 spiro atoms. The van der Waals surface area contributed by atoms with Crippen LogP contribution in [0.1, 0.15) is 31.9 Å². The van der Waals surface area contributed by atoms with Crippen LogP contribution in [0.25, 0.3) is 0 Å². The van der Waals surface area contributed by atoms with Gasteiger partial charge in [-0.3, -0.25) is 4.79 Å². The monoisotopic (exact) mass is 264 g/mol. The van der Waals surface area contributed by atoms with Crippen molar-refractivity contribution in [1.29, 1.82) is 0 Å². The van der Waals surface area contributed by atoms with Gasteiger partial charge in [0.2, 0.25) is 5.91 Å². The SMILES string of the molecule is CCC(NC(=O)C(C)C(N)c1ccccc1)C(=O)O. The number of nitrogens with one attached hydrogen (secondary N) is 1. The molecular weight excluding hydrogens is 244 g/mol. The van der Waals surface area contributed by atoms with Crippen LogP contribution in [-0.2, 0) is 9.59 Å². The molecule has 1 aromatic carbocycles. The number of hydrogen-bond acceptors (Lipinski definition) is 3. The molecule has 5 nitrogen and oxygen atoms in total. The molecule has 0 saturated carbocycles. The van der Waals surface area contributed by atoms with Crippen molar-refractivity contribution in [1.82, 2.24) is 5.32 Å². The Morgan fingerprint density at radius 1 is 1.32 bits per heavy atom. The predicted octanol–water partition coefficient (Wildman–Crippen LogP) is 1.30. The van der Waals surface area contributed by atoms with E-state index in [-0.39, 0.29) is 5.91 Å². The summed E-state index contributed by atoms with van der Waals surface area (Å²) in [6, 6.07) is 7.97. The van der Waals surface area contributed by atoms with Crippen LogP contribution in [0.2, 0.25) is 0 Å². The number of amides is 1. The van der Waals surface area contributed by atoms with E-state index in [1.165, 1.54) is 0 Å². The maximum absolute atomic E-state index is 12.0. The summed E-state index contributed by atoms with van der Waals surface area (Å²) < 4.78 is 0. The van der Waals surface area contributed by atoms with Gasteiger partial charge in [-0.1, -0.05) is 44.2 Å². The van der Waals surface area contributed by atoms with E-state index in [0.29, 0.717) is 6.42 Å². The van der Waals surface area contributed by atoms with Gasteiger partial charge in [-0.2, -0.15) is 0 Å². The smallest absolute Gasteiger partial charge is 0.326 e. The van der Waals surface area contributed by atoms with E-state index in [1.54, 1.807) is 13.8 Å². The van der Waals surface area contributed by atoms with Gasteiger partial charge in [-0.05, 0) is 12.0 Å². The molecule has 0 bridgehead atoms. The van der Waals surface area contributed by atoms with E-state index in [9.17, 15) is 9.59 Å². The second-order valence-electron chi connectivity index (χ2n) is 4.53. The third-order valence-electron chi connectivity index (χ3n) is 3.16. The molecule has 19 heavy (non-hydrogen) atoms. The van der Waals surface area contributed by atoms with Crippen LogP contribution in [0.3, 0.4) is 0 Å². The van der Waals surface area contributed by atoms with E-state index >= 15 is 0 Å². The summed E-state index contributed by atoms with van der Waals surface area (Å²) in [5.74, 6) is -1.86. The van der Waals surface area contributed by atoms with Gasteiger partial charge in [0.15, 0.2) is 0 Å². The Hall–Kier alpha value is -1.88. The lowest BCUT2D eigenvalue weighted by molar-refractivity contribution is -0.142. The summed E-state index contributed by atoms with van der Waals surface area (Å²) in [6.45, 7) is 3.41. The number of carbonyl (C=O) groups excluding carboxylic acids is 1. The van der Waals surface area contributed by atoms with Crippen LogP contribution in [0.4, 0.5) is 0 Å². The van der Waals surface area contributed by atoms with Crippen molar-refractivity contribution in [3.63, 3.8) is 0 Å². The maximum atomic E-state index is 12.0. The molecule has 0 aliphatic carbocycles. The number of nitrogens with two attached hydrogens (primary N) is 1. The topological polar surface area (TPSA) is 92.4 Å². The standard InChI is InChI=1S/C14H20N2O3/c1-3-11(14(18)19)16-13(17)9(2)12(15)10-7-5-4-6-8-10/h4-9,11-12H,3,15H2,1-2H3,(H,16,17)(H,18,19). The molecule has 0 aliphatic rings. The number of aliphatic carboxylic acids is 1. The third kappa shape index (κ3) is 4.06. The Bertz CT molecular complexity index is 434. The van der Waals surface area contributed by atoms with Crippen molar-refractivity contribution in [3.05, 3.63) is 35.9 Å². The first kappa shape index (κ1) is 15.2. The first-order valence-corrected chi connectivity index (χ1v) is 6.31. The summed E-state index contributed by atoms with van der Waals surface area (Å²) >= 11 is 0. The van der Waals surface area contributed by atoms with E-state index in [1.807, 2.05) is 30.3 Å². The number of rotatable bonds is 6. The molecular formula is C14H20N2O3. The fraction of sp³-hybridized carbons (Fsp3) is 0.429. The second kappa shape index (κ2) is 6.89. The Balaban J connectivity index is 2.69. The minimum absolute atomic E-state index is 0.342. The van der Waals surface area contributed by atoms with Gasteiger partial charge in [0.1, 0.15) is 6.04 Å². The third-order valence-corrected chi connectivity index (χ3v) is 3.16. The van der Waals surface area contributed by atoms with Crippen molar-refractivity contribution in [3.8, 4) is 0 Å². The van der Waals surface area contributed by atoms with E-state index < -0.39 is 24.0 Å². The Morgan fingerprint density at radius 2 is 1.89 bits per heavy atom. The molecule has 3 unspecified atom stereocenters. The molecule has 0 aliphatic heterocycles. The van der Waals surface area contributed by atoms with Gasteiger partial charge in [0.25, 0.3) is 0 Å². The highest BCUT2D eigenvalue weighted by Crippen LogP contribution is 2.19. The van der Waals surface area contributed by atoms with Crippen LogP contribution in [-0.4, -0.2) is 23.0 Å². The van der Waals surface area contributed by atoms with Crippen molar-refractivity contribution in [2.24, 2.45) is 11.7 Å². The Labute approximate surface area is 112 Å². The summed E-state index contributed by atoms with van der Waals surface area (Å²) in [5, 5.41) is 11.4. The average molecular weight is 264 g/mol. The molecule has 0 radical (unpaired) electrons. The zero-order valence-electron chi connectivity index (χ0n) is 11.2. The summed E-state index contributed by atoms with van der Waals surface area (Å²) in [6.07, 6.45) is 0.342. The minimum Gasteiger partial charge on any atom is -0.480 e. The Kier molecular flexibility index (Phi) is 5.51. The van der Waals surface area contributed by atoms with E-state index in [0.717, 1.165) is 5.56 Å². The predicted molar refractivity (Wildman–Crippen MR) is 72.4 cm³/mol. The number of carbonyl (C=O) groups is 2. The highest BCUT2D eigenvalue weighted by Gasteiger charge is 2.25. The molecule has 1 aromatic rings. The van der Waals surface area contributed by atoms with Gasteiger partial charge in [0, 0.05) is 6.04 Å². The van der Waals surface area contributed by atoms with Crippen molar-refractivity contribution < 1.29 is 14.7 Å². The van der Waals surface area contributed by atoms with Gasteiger partial charge in [0.05, 0.1) is 5.92 Å². The highest BCUT2D eigenvalue weighted by atomic mass is 16.4. The highest BCUT2D eigenvalue weighted by molar-refractivity contribution is 5.85. The van der Waals surface area contributed by atoms with Gasteiger partial charge in [-0.15, -0.1) is 0 Å². The number of hydrogen-bond donors (Lipinski definition) is 3. The van der Waals surface area contributed by atoms with Gasteiger partial charge < -0.3 is 16.2 Å². The number of carboxylic acids is 1. The summed E-state index contributed by atoms with van der Waals surface area (Å²) in [5.41, 5.74) is 6.88. The Morgan fingerprint density at radius 3 is 2.37 bits per heavy atom.